The molecule has 2 heterocycles. The highest BCUT2D eigenvalue weighted by molar-refractivity contribution is 7.93. The van der Waals surface area contributed by atoms with Crippen LogP contribution < -0.4 is 5.32 Å². The number of piperidine rings is 2. The van der Waals surface area contributed by atoms with Gasteiger partial charge in [-0.25, -0.2) is 8.42 Å². The minimum atomic E-state index is -3.33. The van der Waals surface area contributed by atoms with Crippen LogP contribution in [0.25, 0.3) is 0 Å². The lowest BCUT2D eigenvalue weighted by molar-refractivity contribution is 0.0858. The lowest BCUT2D eigenvalue weighted by Gasteiger charge is -2.50. The summed E-state index contributed by atoms with van der Waals surface area (Å²) in [5, 5.41) is 3.36. The molecule has 2 unspecified atom stereocenters. The van der Waals surface area contributed by atoms with Crippen LogP contribution in [0.5, 0.6) is 0 Å². The summed E-state index contributed by atoms with van der Waals surface area (Å²) in [6.45, 7) is 7.41. The van der Waals surface area contributed by atoms with Gasteiger partial charge in [0.1, 0.15) is 4.75 Å². The first-order chi connectivity index (χ1) is 9.95. The molecule has 1 aromatic rings. The highest BCUT2D eigenvalue weighted by Gasteiger charge is 2.52. The van der Waals surface area contributed by atoms with E-state index < -0.39 is 14.6 Å². The third-order valence-corrected chi connectivity index (χ3v) is 7.35. The van der Waals surface area contributed by atoms with E-state index in [1.54, 1.807) is 24.3 Å². The van der Waals surface area contributed by atoms with Crippen molar-refractivity contribution in [1.82, 2.24) is 10.2 Å². The molecule has 0 aromatic heterocycles. The van der Waals surface area contributed by atoms with Crippen LogP contribution in [0.1, 0.15) is 20.3 Å². The van der Waals surface area contributed by atoms with E-state index in [1.807, 2.05) is 6.07 Å². The second-order valence-electron chi connectivity index (χ2n) is 6.72. The van der Waals surface area contributed by atoms with Gasteiger partial charge < -0.3 is 5.32 Å². The Balaban J connectivity index is 2.01. The van der Waals surface area contributed by atoms with E-state index in [0.29, 0.717) is 29.9 Å². The van der Waals surface area contributed by atoms with Crippen molar-refractivity contribution in [2.45, 2.75) is 36.0 Å². The van der Waals surface area contributed by atoms with Crippen molar-refractivity contribution in [2.24, 2.45) is 5.92 Å². The van der Waals surface area contributed by atoms with Crippen LogP contribution in [0.3, 0.4) is 0 Å². The molecule has 2 aliphatic rings. The first-order valence-electron chi connectivity index (χ1n) is 7.69. The molecular formula is C16H24N2O2S. The SMILES string of the molecule is CC(C)N1CC2CNCC(S(=O)(=O)c3ccccc3)(C2)C1. The number of nitrogens with one attached hydrogen (secondary N) is 1. The Morgan fingerprint density at radius 2 is 2.00 bits per heavy atom. The van der Waals surface area contributed by atoms with Gasteiger partial charge in [-0.15, -0.1) is 0 Å². The average Bonchev–Trinajstić information content (AvgIpc) is 2.47. The molecule has 1 N–H and O–H groups in total. The lowest BCUT2D eigenvalue weighted by atomic mass is 9.84. The number of hydrogen-bond donors (Lipinski definition) is 1. The standard InChI is InChI=1S/C16H24N2O2S/c1-13(2)18-10-14-8-16(12-18,11-17-9-14)21(19,20)15-6-4-3-5-7-15/h3-7,13-14,17H,8-12H2,1-2H3. The maximum atomic E-state index is 13.2. The Hall–Kier alpha value is -0.910. The number of hydrogen-bond acceptors (Lipinski definition) is 4. The van der Waals surface area contributed by atoms with E-state index in [4.69, 9.17) is 0 Å². The molecule has 2 atom stereocenters. The molecule has 3 rings (SSSR count). The number of benzene rings is 1. The van der Waals surface area contributed by atoms with Crippen LogP contribution >= 0.6 is 0 Å². The highest BCUT2D eigenvalue weighted by atomic mass is 32.2. The number of fused-ring (bicyclic) bond motifs is 2. The maximum Gasteiger partial charge on any atom is 0.186 e. The molecule has 21 heavy (non-hydrogen) atoms. The van der Waals surface area contributed by atoms with Crippen LogP contribution in [0.15, 0.2) is 35.2 Å². The number of likely N-dealkylation sites (tertiary alicyclic amines) is 1. The third kappa shape index (κ3) is 2.51. The largest absolute Gasteiger partial charge is 0.315 e. The van der Waals surface area contributed by atoms with E-state index in [-0.39, 0.29) is 0 Å². The topological polar surface area (TPSA) is 49.4 Å². The van der Waals surface area contributed by atoms with Crippen LogP contribution in [-0.2, 0) is 9.84 Å². The van der Waals surface area contributed by atoms with E-state index in [0.717, 1.165) is 19.5 Å². The van der Waals surface area contributed by atoms with Crippen molar-refractivity contribution in [3.8, 4) is 0 Å². The smallest absolute Gasteiger partial charge is 0.186 e. The van der Waals surface area contributed by atoms with Crippen molar-refractivity contribution in [3.63, 3.8) is 0 Å². The first kappa shape index (κ1) is 15.0. The minimum Gasteiger partial charge on any atom is -0.315 e. The zero-order chi connectivity index (χ0) is 15.1. The Kier molecular flexibility index (Phi) is 3.84. The number of sulfone groups is 1. The van der Waals surface area contributed by atoms with Gasteiger partial charge in [-0.3, -0.25) is 4.90 Å². The monoisotopic (exact) mass is 308 g/mol. The van der Waals surface area contributed by atoms with Gasteiger partial charge in [0.2, 0.25) is 0 Å². The van der Waals surface area contributed by atoms with Gasteiger partial charge in [-0.2, -0.15) is 0 Å². The van der Waals surface area contributed by atoms with E-state index >= 15 is 0 Å². The second-order valence-corrected chi connectivity index (χ2v) is 9.07. The van der Waals surface area contributed by atoms with Crippen molar-refractivity contribution < 1.29 is 8.42 Å². The summed E-state index contributed by atoms with van der Waals surface area (Å²) in [5.41, 5.74) is 0. The molecule has 5 heteroatoms. The Morgan fingerprint density at radius 3 is 2.67 bits per heavy atom. The normalized spacial score (nSPS) is 30.5. The van der Waals surface area contributed by atoms with Crippen molar-refractivity contribution in [3.05, 3.63) is 30.3 Å². The number of nitrogens with zero attached hydrogens (tertiary/aromatic N) is 1. The molecule has 4 nitrogen and oxygen atoms in total. The van der Waals surface area contributed by atoms with Crippen molar-refractivity contribution >= 4 is 9.84 Å². The Bertz CT molecular complexity index is 600. The summed E-state index contributed by atoms with van der Waals surface area (Å²) in [5.74, 6) is 0.424. The molecule has 116 valence electrons. The molecule has 0 amide bonds. The summed E-state index contributed by atoms with van der Waals surface area (Å²) in [6.07, 6.45) is 0.778. The summed E-state index contributed by atoms with van der Waals surface area (Å²) in [7, 11) is -3.33. The lowest BCUT2D eigenvalue weighted by Crippen LogP contribution is -2.65. The number of rotatable bonds is 3. The molecule has 0 aliphatic carbocycles. The molecule has 0 radical (unpaired) electrons. The van der Waals surface area contributed by atoms with Gasteiger partial charge >= 0.3 is 0 Å². The predicted molar refractivity (Wildman–Crippen MR) is 84.0 cm³/mol. The van der Waals surface area contributed by atoms with Crippen molar-refractivity contribution in [1.29, 1.82) is 0 Å². The molecule has 0 saturated carbocycles. The fraction of sp³-hybridized carbons (Fsp3) is 0.625. The van der Waals surface area contributed by atoms with E-state index in [9.17, 15) is 8.42 Å². The summed E-state index contributed by atoms with van der Waals surface area (Å²) in [4.78, 5) is 2.79. The van der Waals surface area contributed by atoms with Crippen LogP contribution in [0.2, 0.25) is 0 Å². The van der Waals surface area contributed by atoms with Crippen LogP contribution in [0.4, 0.5) is 0 Å². The maximum absolute atomic E-state index is 13.2. The van der Waals surface area contributed by atoms with E-state index in [2.05, 4.69) is 24.1 Å². The van der Waals surface area contributed by atoms with Gasteiger partial charge in [-0.1, -0.05) is 18.2 Å². The van der Waals surface area contributed by atoms with Gasteiger partial charge in [0.25, 0.3) is 0 Å². The van der Waals surface area contributed by atoms with Gasteiger partial charge in [0, 0.05) is 25.7 Å². The average molecular weight is 308 g/mol. The molecular weight excluding hydrogens is 284 g/mol. The molecule has 0 spiro atoms. The zero-order valence-corrected chi connectivity index (χ0v) is 13.6. The first-order valence-corrected chi connectivity index (χ1v) is 9.17. The van der Waals surface area contributed by atoms with Crippen LogP contribution in [-0.4, -0.2) is 50.3 Å². The summed E-state index contributed by atoms with van der Waals surface area (Å²) < 4.78 is 25.8. The van der Waals surface area contributed by atoms with Crippen molar-refractivity contribution in [2.75, 3.05) is 26.2 Å². The Morgan fingerprint density at radius 1 is 1.29 bits per heavy atom. The highest BCUT2D eigenvalue weighted by Crippen LogP contribution is 2.38. The fourth-order valence-electron chi connectivity index (χ4n) is 3.72. The molecule has 2 fully saturated rings. The van der Waals surface area contributed by atoms with E-state index in [1.165, 1.54) is 0 Å². The quantitative estimate of drug-likeness (QED) is 0.920. The van der Waals surface area contributed by atoms with Gasteiger partial charge in [0.05, 0.1) is 4.90 Å². The predicted octanol–water partition coefficient (Wildman–Crippen LogP) is 1.53. The molecule has 2 aliphatic heterocycles. The molecule has 2 saturated heterocycles. The second kappa shape index (κ2) is 5.38. The fourth-order valence-corrected chi connectivity index (χ4v) is 5.82. The summed E-state index contributed by atoms with van der Waals surface area (Å²) >= 11 is 0. The minimum absolute atomic E-state index is 0.385. The molecule has 1 aromatic carbocycles. The van der Waals surface area contributed by atoms with Gasteiger partial charge in [-0.05, 0) is 44.9 Å². The zero-order valence-electron chi connectivity index (χ0n) is 12.7. The van der Waals surface area contributed by atoms with Crippen LogP contribution in [0, 0.1) is 5.92 Å². The third-order valence-electron chi connectivity index (χ3n) is 4.88. The summed E-state index contributed by atoms with van der Waals surface area (Å²) in [6, 6.07) is 9.31. The Labute approximate surface area is 127 Å². The van der Waals surface area contributed by atoms with Gasteiger partial charge in [0.15, 0.2) is 9.84 Å². The molecule has 2 bridgehead atoms.